The summed E-state index contributed by atoms with van der Waals surface area (Å²) in [6.45, 7) is 1.85. The number of hydrogen-bond acceptors (Lipinski definition) is 4. The van der Waals surface area contributed by atoms with Crippen molar-refractivity contribution in [2.75, 3.05) is 13.2 Å². The van der Waals surface area contributed by atoms with Crippen LogP contribution in [0.15, 0.2) is 30.7 Å². The summed E-state index contributed by atoms with van der Waals surface area (Å²) < 4.78 is 7.72. The molecular weight excluding hydrogens is 304 g/mol. The maximum Gasteiger partial charge on any atom is 0.226 e. The van der Waals surface area contributed by atoms with Crippen LogP contribution in [0.4, 0.5) is 0 Å². The normalized spacial score (nSPS) is 20.4. The van der Waals surface area contributed by atoms with E-state index in [0.717, 1.165) is 29.8 Å². The Morgan fingerprint density at radius 3 is 3.00 bits per heavy atom. The highest BCUT2D eigenvalue weighted by atomic mass is 16.5. The van der Waals surface area contributed by atoms with Crippen molar-refractivity contribution in [3.8, 4) is 5.75 Å². The first kappa shape index (κ1) is 15.2. The van der Waals surface area contributed by atoms with Crippen molar-refractivity contribution >= 4 is 5.91 Å². The van der Waals surface area contributed by atoms with E-state index in [1.807, 2.05) is 35.0 Å². The lowest BCUT2D eigenvalue weighted by molar-refractivity contribution is -0.139. The largest absolute Gasteiger partial charge is 0.491 e. The SMILES string of the molecule is Cn1cc2c(n1)[C@H](COc1cccnc1)CN(C(=O)C1CCC1)C2. The smallest absolute Gasteiger partial charge is 0.226 e. The van der Waals surface area contributed by atoms with Gasteiger partial charge in [-0.1, -0.05) is 6.42 Å². The summed E-state index contributed by atoms with van der Waals surface area (Å²) in [6.07, 6.45) is 8.70. The van der Waals surface area contributed by atoms with E-state index in [1.54, 1.807) is 12.4 Å². The Labute approximate surface area is 141 Å². The number of rotatable bonds is 4. The van der Waals surface area contributed by atoms with Gasteiger partial charge < -0.3 is 9.64 Å². The summed E-state index contributed by atoms with van der Waals surface area (Å²) in [7, 11) is 1.93. The average molecular weight is 326 g/mol. The van der Waals surface area contributed by atoms with E-state index >= 15 is 0 Å². The Bertz CT molecular complexity index is 724. The van der Waals surface area contributed by atoms with Crippen LogP contribution in [-0.4, -0.2) is 38.7 Å². The molecule has 0 saturated heterocycles. The Morgan fingerprint density at radius 1 is 1.42 bits per heavy atom. The van der Waals surface area contributed by atoms with E-state index in [-0.39, 0.29) is 11.8 Å². The fourth-order valence-electron chi connectivity index (χ4n) is 3.49. The van der Waals surface area contributed by atoms with Crippen molar-refractivity contribution in [3.63, 3.8) is 0 Å². The van der Waals surface area contributed by atoms with Crippen LogP contribution in [0.3, 0.4) is 0 Å². The van der Waals surface area contributed by atoms with Gasteiger partial charge in [0, 0.05) is 44.0 Å². The highest BCUT2D eigenvalue weighted by Gasteiger charge is 2.35. The summed E-state index contributed by atoms with van der Waals surface area (Å²) in [6, 6.07) is 3.75. The number of pyridine rings is 1. The first-order valence-electron chi connectivity index (χ1n) is 8.54. The van der Waals surface area contributed by atoms with E-state index < -0.39 is 0 Å². The average Bonchev–Trinajstić information content (AvgIpc) is 2.92. The van der Waals surface area contributed by atoms with Gasteiger partial charge in [-0.2, -0.15) is 5.10 Å². The molecule has 0 N–H and O–H groups in total. The molecule has 0 radical (unpaired) electrons. The Balaban J connectivity index is 1.51. The second kappa shape index (κ2) is 6.26. The van der Waals surface area contributed by atoms with Crippen LogP contribution < -0.4 is 4.74 Å². The van der Waals surface area contributed by atoms with Crippen molar-refractivity contribution in [1.82, 2.24) is 19.7 Å². The van der Waals surface area contributed by atoms with Crippen LogP contribution in [0.1, 0.15) is 36.4 Å². The minimum Gasteiger partial charge on any atom is -0.491 e. The number of hydrogen-bond donors (Lipinski definition) is 0. The van der Waals surface area contributed by atoms with Gasteiger partial charge in [-0.25, -0.2) is 0 Å². The maximum absolute atomic E-state index is 12.7. The molecule has 126 valence electrons. The highest BCUT2D eigenvalue weighted by Crippen LogP contribution is 2.33. The van der Waals surface area contributed by atoms with Crippen LogP contribution in [-0.2, 0) is 18.4 Å². The molecule has 4 rings (SSSR count). The monoisotopic (exact) mass is 326 g/mol. The molecule has 1 fully saturated rings. The van der Waals surface area contributed by atoms with Gasteiger partial charge in [0.1, 0.15) is 5.75 Å². The predicted octanol–water partition coefficient (Wildman–Crippen LogP) is 2.12. The van der Waals surface area contributed by atoms with E-state index in [4.69, 9.17) is 4.74 Å². The Morgan fingerprint density at radius 2 is 2.29 bits per heavy atom. The van der Waals surface area contributed by atoms with E-state index in [0.29, 0.717) is 25.6 Å². The molecule has 3 heterocycles. The molecule has 2 aromatic heterocycles. The lowest BCUT2D eigenvalue weighted by atomic mass is 9.83. The summed E-state index contributed by atoms with van der Waals surface area (Å²) in [5.74, 6) is 1.36. The van der Waals surface area contributed by atoms with Crippen molar-refractivity contribution in [1.29, 1.82) is 0 Å². The lowest BCUT2D eigenvalue weighted by Gasteiger charge is -2.36. The molecule has 0 aromatic carbocycles. The van der Waals surface area contributed by atoms with Gasteiger partial charge in [0.2, 0.25) is 5.91 Å². The summed E-state index contributed by atoms with van der Waals surface area (Å²) in [5, 5.41) is 4.60. The van der Waals surface area contributed by atoms with Gasteiger partial charge in [0.15, 0.2) is 0 Å². The molecule has 1 atom stereocenters. The molecule has 24 heavy (non-hydrogen) atoms. The third-order valence-corrected chi connectivity index (χ3v) is 4.98. The minimum atomic E-state index is 0.0965. The number of aryl methyl sites for hydroxylation is 1. The third-order valence-electron chi connectivity index (χ3n) is 4.98. The van der Waals surface area contributed by atoms with Crippen molar-refractivity contribution in [2.24, 2.45) is 13.0 Å². The van der Waals surface area contributed by atoms with Gasteiger partial charge in [-0.05, 0) is 25.0 Å². The van der Waals surface area contributed by atoms with Crippen LogP contribution in [0.2, 0.25) is 0 Å². The van der Waals surface area contributed by atoms with Crippen molar-refractivity contribution in [2.45, 2.75) is 31.7 Å². The maximum atomic E-state index is 12.7. The fraction of sp³-hybridized carbons (Fsp3) is 0.500. The Hall–Kier alpha value is -2.37. The number of aromatic nitrogens is 3. The third kappa shape index (κ3) is 2.88. The minimum absolute atomic E-state index is 0.0965. The molecule has 1 aliphatic heterocycles. The van der Waals surface area contributed by atoms with Crippen LogP contribution >= 0.6 is 0 Å². The first-order valence-corrected chi connectivity index (χ1v) is 8.54. The predicted molar refractivity (Wildman–Crippen MR) is 88.4 cm³/mol. The van der Waals surface area contributed by atoms with E-state index in [9.17, 15) is 4.79 Å². The number of ether oxygens (including phenoxy) is 1. The summed E-state index contributed by atoms with van der Waals surface area (Å²) in [5.41, 5.74) is 2.19. The van der Waals surface area contributed by atoms with Gasteiger partial charge in [0.25, 0.3) is 0 Å². The number of carbonyl (C=O) groups excluding carboxylic acids is 1. The lowest BCUT2D eigenvalue weighted by Crippen LogP contribution is -2.44. The molecule has 0 spiro atoms. The second-order valence-electron chi connectivity index (χ2n) is 6.76. The summed E-state index contributed by atoms with van der Waals surface area (Å²) in [4.78, 5) is 18.7. The van der Waals surface area contributed by atoms with Crippen molar-refractivity contribution < 1.29 is 9.53 Å². The molecule has 2 aromatic rings. The van der Waals surface area contributed by atoms with Gasteiger partial charge in [-0.15, -0.1) is 0 Å². The van der Waals surface area contributed by atoms with Gasteiger partial charge >= 0.3 is 0 Å². The number of carbonyl (C=O) groups is 1. The van der Waals surface area contributed by atoms with Crippen LogP contribution in [0.5, 0.6) is 5.75 Å². The molecule has 0 bridgehead atoms. The molecular formula is C18H22N4O2. The van der Waals surface area contributed by atoms with Gasteiger partial charge in [0.05, 0.1) is 24.4 Å². The molecule has 1 saturated carbocycles. The van der Waals surface area contributed by atoms with Gasteiger partial charge in [-0.3, -0.25) is 14.5 Å². The zero-order valence-electron chi connectivity index (χ0n) is 13.9. The number of amides is 1. The molecule has 1 amide bonds. The quantitative estimate of drug-likeness (QED) is 0.863. The van der Waals surface area contributed by atoms with E-state index in [1.165, 1.54) is 6.42 Å². The molecule has 6 heteroatoms. The first-order chi connectivity index (χ1) is 11.7. The molecule has 0 unspecified atom stereocenters. The Kier molecular flexibility index (Phi) is 3.96. The second-order valence-corrected chi connectivity index (χ2v) is 6.76. The zero-order valence-corrected chi connectivity index (χ0v) is 13.9. The fourth-order valence-corrected chi connectivity index (χ4v) is 3.49. The van der Waals surface area contributed by atoms with E-state index in [2.05, 4.69) is 10.1 Å². The van der Waals surface area contributed by atoms with Crippen molar-refractivity contribution in [3.05, 3.63) is 42.0 Å². The molecule has 6 nitrogen and oxygen atoms in total. The molecule has 2 aliphatic rings. The number of fused-ring (bicyclic) bond motifs is 1. The topological polar surface area (TPSA) is 60.2 Å². The molecule has 1 aliphatic carbocycles. The summed E-state index contributed by atoms with van der Waals surface area (Å²) >= 11 is 0. The van der Waals surface area contributed by atoms with Crippen LogP contribution in [0, 0.1) is 5.92 Å². The van der Waals surface area contributed by atoms with Crippen LogP contribution in [0.25, 0.3) is 0 Å². The zero-order chi connectivity index (χ0) is 16.5. The standard InChI is InChI=1S/C18H22N4O2/c1-21-9-14-10-22(18(23)13-4-2-5-13)11-15(17(14)20-21)12-24-16-6-3-7-19-8-16/h3,6-9,13,15H,2,4-5,10-12H2,1H3/t15-/m0/s1. The number of nitrogens with zero attached hydrogens (tertiary/aromatic N) is 4. The highest BCUT2D eigenvalue weighted by molar-refractivity contribution is 5.80.